The topological polar surface area (TPSA) is 99.1 Å². The van der Waals surface area contributed by atoms with E-state index < -0.39 is 18.1 Å². The molecule has 1 N–H and O–H groups in total. The molecule has 8 heteroatoms. The van der Waals surface area contributed by atoms with Crippen molar-refractivity contribution in [2.45, 2.75) is 187 Å². The Hall–Kier alpha value is -3.23. The van der Waals surface area contributed by atoms with Gasteiger partial charge in [-0.3, -0.25) is 9.59 Å². The summed E-state index contributed by atoms with van der Waals surface area (Å²) in [4.78, 5) is 37.0. The van der Waals surface area contributed by atoms with Crippen molar-refractivity contribution in [1.82, 2.24) is 0 Å². The van der Waals surface area contributed by atoms with Crippen molar-refractivity contribution in [2.24, 2.45) is 0 Å². The molecule has 0 amide bonds. The molecule has 8 nitrogen and oxygen atoms in total. The third-order valence-corrected chi connectivity index (χ3v) is 9.87. The molecule has 0 rings (SSSR count). The lowest BCUT2D eigenvalue weighted by Gasteiger charge is -2.31. The number of aliphatic carboxylic acids is 1. The van der Waals surface area contributed by atoms with Crippen LogP contribution in [0.3, 0.4) is 0 Å². The highest BCUT2D eigenvalue weighted by Gasteiger charge is 2.31. The van der Waals surface area contributed by atoms with Crippen LogP contribution in [0.4, 0.5) is 0 Å². The molecule has 0 aromatic heterocycles. The summed E-state index contributed by atoms with van der Waals surface area (Å²) in [6, 6.07) is -0.626. The molecule has 2 atom stereocenters. The second kappa shape index (κ2) is 40.5. The second-order valence-electron chi connectivity index (χ2n) is 16.3. The van der Waals surface area contributed by atoms with Crippen molar-refractivity contribution in [3.05, 3.63) is 72.9 Å². The van der Waals surface area contributed by atoms with Crippen LogP contribution in [0.15, 0.2) is 72.9 Å². The maximum atomic E-state index is 12.7. The fourth-order valence-corrected chi connectivity index (χ4v) is 6.31. The third kappa shape index (κ3) is 38.3. The third-order valence-electron chi connectivity index (χ3n) is 9.87. The van der Waals surface area contributed by atoms with Gasteiger partial charge in [-0.05, 0) is 77.0 Å². The molecule has 58 heavy (non-hydrogen) atoms. The monoisotopic (exact) mass is 813 g/mol. The van der Waals surface area contributed by atoms with Crippen molar-refractivity contribution in [3.63, 3.8) is 0 Å². The highest BCUT2D eigenvalue weighted by molar-refractivity contribution is 5.72. The Bertz CT molecular complexity index is 1180. The number of hydrogen-bond acceptors (Lipinski definition) is 6. The molecule has 0 radical (unpaired) electrons. The van der Waals surface area contributed by atoms with Crippen LogP contribution in [-0.2, 0) is 28.6 Å². The maximum absolute atomic E-state index is 12.7. The number of unbranched alkanes of at least 4 members (excludes halogenated alkanes) is 15. The molecule has 0 spiro atoms. The van der Waals surface area contributed by atoms with Crippen molar-refractivity contribution in [3.8, 4) is 0 Å². The molecule has 0 aliphatic heterocycles. The summed E-state index contributed by atoms with van der Waals surface area (Å²) < 4.78 is 17.2. The highest BCUT2D eigenvalue weighted by Crippen LogP contribution is 2.13. The minimum atomic E-state index is -0.885. The van der Waals surface area contributed by atoms with Crippen LogP contribution in [-0.4, -0.2) is 80.6 Å². The molecule has 0 aliphatic rings. The fourth-order valence-electron chi connectivity index (χ4n) is 6.31. The molecule has 0 aliphatic carbocycles. The number of carbonyl (C=O) groups excluding carboxylic acids is 2. The summed E-state index contributed by atoms with van der Waals surface area (Å²) >= 11 is 0. The van der Waals surface area contributed by atoms with E-state index in [4.69, 9.17) is 14.2 Å². The maximum Gasteiger partial charge on any atom is 0.362 e. The van der Waals surface area contributed by atoms with E-state index in [1.54, 1.807) is 0 Å². The minimum absolute atomic E-state index is 0.0394. The summed E-state index contributed by atoms with van der Waals surface area (Å²) in [5, 5.41) is 9.63. The van der Waals surface area contributed by atoms with Crippen molar-refractivity contribution in [1.29, 1.82) is 0 Å². The molecule has 0 heterocycles. The lowest BCUT2D eigenvalue weighted by Crippen LogP contribution is -2.50. The molecule has 0 aromatic carbocycles. The van der Waals surface area contributed by atoms with Crippen molar-refractivity contribution >= 4 is 17.9 Å². The average Bonchev–Trinajstić information content (AvgIpc) is 3.18. The van der Waals surface area contributed by atoms with Gasteiger partial charge in [0, 0.05) is 19.3 Å². The number of likely N-dealkylation sites (N-methyl/N-ethyl adjacent to an activating group) is 1. The number of nitrogens with zero attached hydrogens (tertiary/aromatic N) is 1. The van der Waals surface area contributed by atoms with E-state index in [1.807, 2.05) is 21.1 Å². The Balaban J connectivity index is 4.41. The molecule has 332 valence electrons. The molecule has 0 saturated carbocycles. The number of carbonyl (C=O) groups is 3. The van der Waals surface area contributed by atoms with Crippen molar-refractivity contribution in [2.75, 3.05) is 41.0 Å². The van der Waals surface area contributed by atoms with Gasteiger partial charge in [-0.2, -0.15) is 0 Å². The number of quaternary nitrogens is 1. The van der Waals surface area contributed by atoms with E-state index in [2.05, 4.69) is 86.8 Å². The van der Waals surface area contributed by atoms with Gasteiger partial charge < -0.3 is 23.8 Å². The van der Waals surface area contributed by atoms with Gasteiger partial charge in [0.1, 0.15) is 6.61 Å². The second-order valence-corrected chi connectivity index (χ2v) is 16.3. The standard InChI is InChI=1S/C50H85NO7/c1-6-8-10-12-14-16-18-20-22-24-25-27-28-30-32-34-36-38-40-48(52)57-45-46(44-56-43-42-47(50(54)55)51(3,4)5)58-49(53)41-39-37-35-33-31-29-26-23-21-19-17-15-13-11-9-7-2/h9,11,15,17,21-25,27,29,31,46-47H,6-8,10,12-14,16,18-20,26,28,30,32-45H2,1-5H3/p+1/b11-9+,17-15+,23-21+,24-22+,27-25+,31-29+. The zero-order chi connectivity index (χ0) is 42.8. The lowest BCUT2D eigenvalue weighted by atomic mass is 10.1. The zero-order valence-corrected chi connectivity index (χ0v) is 37.7. The van der Waals surface area contributed by atoms with E-state index in [0.29, 0.717) is 12.8 Å². The Kier molecular flexibility index (Phi) is 38.3. The van der Waals surface area contributed by atoms with Crippen LogP contribution in [0.25, 0.3) is 0 Å². The van der Waals surface area contributed by atoms with Gasteiger partial charge in [0.25, 0.3) is 0 Å². The van der Waals surface area contributed by atoms with Crippen molar-refractivity contribution < 1.29 is 38.2 Å². The van der Waals surface area contributed by atoms with Gasteiger partial charge in [0.2, 0.25) is 0 Å². The van der Waals surface area contributed by atoms with Gasteiger partial charge in [0.05, 0.1) is 34.4 Å². The normalized spacial score (nSPS) is 13.6. The fraction of sp³-hybridized carbons (Fsp3) is 0.700. The van der Waals surface area contributed by atoms with E-state index in [0.717, 1.165) is 89.9 Å². The summed E-state index contributed by atoms with van der Waals surface area (Å²) in [6.45, 7) is 4.56. The number of ether oxygens (including phenoxy) is 3. The summed E-state index contributed by atoms with van der Waals surface area (Å²) in [7, 11) is 5.50. The lowest BCUT2D eigenvalue weighted by molar-refractivity contribution is -0.887. The predicted octanol–water partition coefficient (Wildman–Crippen LogP) is 12.7. The SMILES string of the molecule is CC/C=C/C/C=C/C/C=C/C/C=C/CCCCCC(=O)OC(COCCC(C(=O)O)[N+](C)(C)C)COC(=O)CCCCCCC/C=C/C=C/CCCCCCCCC. The molecular weight excluding hydrogens is 727 g/mol. The van der Waals surface area contributed by atoms with Crippen LogP contribution in [0.2, 0.25) is 0 Å². The first kappa shape index (κ1) is 54.8. The summed E-state index contributed by atoms with van der Waals surface area (Å²) in [5.41, 5.74) is 0. The van der Waals surface area contributed by atoms with E-state index in [9.17, 15) is 19.5 Å². The van der Waals surface area contributed by atoms with Gasteiger partial charge in [-0.1, -0.05) is 151 Å². The number of carboxylic acid groups (broad SMARTS) is 1. The predicted molar refractivity (Wildman–Crippen MR) is 243 cm³/mol. The van der Waals surface area contributed by atoms with Gasteiger partial charge in [0.15, 0.2) is 12.1 Å². The molecule has 2 unspecified atom stereocenters. The molecule has 0 fully saturated rings. The van der Waals surface area contributed by atoms with Gasteiger partial charge in [-0.25, -0.2) is 4.79 Å². The van der Waals surface area contributed by atoms with E-state index in [1.165, 1.54) is 51.4 Å². The number of carboxylic acids is 1. The van der Waals surface area contributed by atoms with Crippen LogP contribution in [0.1, 0.15) is 174 Å². The average molecular weight is 813 g/mol. The molecular formula is C50H86NO7+. The quantitative estimate of drug-likeness (QED) is 0.0216. The van der Waals surface area contributed by atoms with Crippen LogP contribution in [0, 0.1) is 0 Å². The summed E-state index contributed by atoms with van der Waals surface area (Å²) in [6.07, 6.45) is 50.9. The number of esters is 2. The number of rotatable bonds is 40. The minimum Gasteiger partial charge on any atom is -0.477 e. The zero-order valence-electron chi connectivity index (χ0n) is 37.7. The van der Waals surface area contributed by atoms with Gasteiger partial charge in [-0.15, -0.1) is 0 Å². The Labute approximate surface area is 355 Å². The molecule has 0 bridgehead atoms. The van der Waals surface area contributed by atoms with E-state index >= 15 is 0 Å². The number of hydrogen-bond donors (Lipinski definition) is 1. The smallest absolute Gasteiger partial charge is 0.362 e. The first-order valence-corrected chi connectivity index (χ1v) is 23.0. The summed E-state index contributed by atoms with van der Waals surface area (Å²) in [5.74, 6) is -1.53. The van der Waals surface area contributed by atoms with Crippen LogP contribution in [0.5, 0.6) is 0 Å². The van der Waals surface area contributed by atoms with Crippen LogP contribution >= 0.6 is 0 Å². The molecule has 0 saturated heterocycles. The Morgan fingerprint density at radius 3 is 1.55 bits per heavy atom. The Morgan fingerprint density at radius 2 is 1.02 bits per heavy atom. The number of allylic oxidation sites excluding steroid dienone is 12. The van der Waals surface area contributed by atoms with E-state index in [-0.39, 0.29) is 42.7 Å². The van der Waals surface area contributed by atoms with Gasteiger partial charge >= 0.3 is 17.9 Å². The Morgan fingerprint density at radius 1 is 0.552 bits per heavy atom. The first-order valence-electron chi connectivity index (χ1n) is 23.0. The first-order chi connectivity index (χ1) is 28.1. The largest absolute Gasteiger partial charge is 0.477 e. The highest BCUT2D eigenvalue weighted by atomic mass is 16.6. The van der Waals surface area contributed by atoms with Crippen LogP contribution < -0.4 is 0 Å². The molecule has 0 aromatic rings.